The van der Waals surface area contributed by atoms with Crippen LogP contribution in [0, 0.1) is 0 Å². The second kappa shape index (κ2) is 7.54. The lowest BCUT2D eigenvalue weighted by atomic mass is 10.2. The molecule has 1 aromatic rings. The van der Waals surface area contributed by atoms with E-state index in [1.807, 2.05) is 49.0 Å². The van der Waals surface area contributed by atoms with Crippen LogP contribution in [0.25, 0.3) is 0 Å². The highest BCUT2D eigenvalue weighted by Crippen LogP contribution is 2.27. The molecule has 21 heavy (non-hydrogen) atoms. The van der Waals surface area contributed by atoms with Gasteiger partial charge in [0.2, 0.25) is 0 Å². The fourth-order valence-electron chi connectivity index (χ4n) is 2.51. The van der Waals surface area contributed by atoms with Gasteiger partial charge in [0.1, 0.15) is 5.82 Å². The van der Waals surface area contributed by atoms with Crippen LogP contribution < -0.4 is 15.5 Å². The van der Waals surface area contributed by atoms with Gasteiger partial charge in [0, 0.05) is 25.4 Å². The molecule has 1 aliphatic rings. The molecule has 1 aliphatic carbocycles. The number of urea groups is 1. The Balaban J connectivity index is 1.77. The SMILES string of the molecule is CS[C@@H]1CC[C@@H](NC(=O)NCc2cccc(N(C)C)n2)C1. The molecule has 1 saturated carbocycles. The summed E-state index contributed by atoms with van der Waals surface area (Å²) in [6.07, 6.45) is 5.48. The minimum atomic E-state index is -0.0983. The largest absolute Gasteiger partial charge is 0.363 e. The highest BCUT2D eigenvalue weighted by molar-refractivity contribution is 7.99. The first-order chi connectivity index (χ1) is 10.1. The quantitative estimate of drug-likeness (QED) is 0.876. The highest BCUT2D eigenvalue weighted by atomic mass is 32.2. The maximum Gasteiger partial charge on any atom is 0.315 e. The van der Waals surface area contributed by atoms with Gasteiger partial charge >= 0.3 is 6.03 Å². The van der Waals surface area contributed by atoms with E-state index in [1.165, 1.54) is 6.42 Å². The van der Waals surface area contributed by atoms with Crippen LogP contribution in [0.3, 0.4) is 0 Å². The van der Waals surface area contributed by atoms with Crippen molar-refractivity contribution in [3.63, 3.8) is 0 Å². The number of carbonyl (C=O) groups is 1. The Bertz CT molecular complexity index is 480. The van der Waals surface area contributed by atoms with Crippen molar-refractivity contribution in [3.05, 3.63) is 23.9 Å². The predicted molar refractivity (Wildman–Crippen MR) is 88.9 cm³/mol. The van der Waals surface area contributed by atoms with Crippen LogP contribution in [0.2, 0.25) is 0 Å². The van der Waals surface area contributed by atoms with Gasteiger partial charge in [-0.1, -0.05) is 6.07 Å². The van der Waals surface area contributed by atoms with E-state index >= 15 is 0 Å². The third-order valence-electron chi connectivity index (χ3n) is 3.73. The van der Waals surface area contributed by atoms with Crippen LogP contribution in [0.4, 0.5) is 10.6 Å². The van der Waals surface area contributed by atoms with Gasteiger partial charge in [-0.05, 0) is 37.7 Å². The summed E-state index contributed by atoms with van der Waals surface area (Å²) in [5, 5.41) is 6.62. The van der Waals surface area contributed by atoms with E-state index in [0.717, 1.165) is 24.4 Å². The first-order valence-electron chi connectivity index (χ1n) is 7.29. The van der Waals surface area contributed by atoms with Crippen molar-refractivity contribution in [1.82, 2.24) is 15.6 Å². The molecule has 0 aliphatic heterocycles. The van der Waals surface area contributed by atoms with Gasteiger partial charge in [-0.25, -0.2) is 9.78 Å². The molecule has 116 valence electrons. The molecular formula is C15H24N4OS. The number of hydrogen-bond acceptors (Lipinski definition) is 4. The number of anilines is 1. The van der Waals surface area contributed by atoms with Crippen LogP contribution in [0.1, 0.15) is 25.0 Å². The summed E-state index contributed by atoms with van der Waals surface area (Å²) >= 11 is 1.89. The summed E-state index contributed by atoms with van der Waals surface area (Å²) in [5.41, 5.74) is 0.866. The van der Waals surface area contributed by atoms with Gasteiger partial charge in [0.25, 0.3) is 0 Å². The van der Waals surface area contributed by atoms with E-state index in [-0.39, 0.29) is 6.03 Å². The standard InChI is InChI=1S/C15H24N4OS/c1-19(2)14-6-4-5-12(17-14)10-16-15(20)18-11-7-8-13(9-11)21-3/h4-6,11,13H,7-10H2,1-3H3,(H2,16,18,20)/t11-,13-/m1/s1. The number of nitrogens with one attached hydrogen (secondary N) is 2. The molecule has 2 atom stereocenters. The predicted octanol–water partition coefficient (Wildman–Crippen LogP) is 2.23. The third-order valence-corrected chi connectivity index (χ3v) is 4.83. The number of hydrogen-bond donors (Lipinski definition) is 2. The maximum atomic E-state index is 11.9. The summed E-state index contributed by atoms with van der Waals surface area (Å²) < 4.78 is 0. The summed E-state index contributed by atoms with van der Waals surface area (Å²) in [6.45, 7) is 0.451. The summed E-state index contributed by atoms with van der Waals surface area (Å²) in [7, 11) is 3.91. The molecule has 5 nitrogen and oxygen atoms in total. The number of carbonyl (C=O) groups excluding carboxylic acids is 1. The molecule has 1 fully saturated rings. The van der Waals surface area contributed by atoms with Crippen molar-refractivity contribution in [2.24, 2.45) is 0 Å². The molecule has 0 aromatic carbocycles. The minimum Gasteiger partial charge on any atom is -0.363 e. The molecule has 1 heterocycles. The van der Waals surface area contributed by atoms with Crippen molar-refractivity contribution in [1.29, 1.82) is 0 Å². The Labute approximate surface area is 130 Å². The van der Waals surface area contributed by atoms with E-state index in [0.29, 0.717) is 17.8 Å². The number of aromatic nitrogens is 1. The number of pyridine rings is 1. The van der Waals surface area contributed by atoms with Crippen LogP contribution in [-0.4, -0.2) is 42.7 Å². The Morgan fingerprint density at radius 2 is 2.24 bits per heavy atom. The van der Waals surface area contributed by atoms with E-state index in [1.54, 1.807) is 0 Å². The van der Waals surface area contributed by atoms with E-state index in [9.17, 15) is 4.79 Å². The van der Waals surface area contributed by atoms with Crippen molar-refractivity contribution < 1.29 is 4.79 Å². The van der Waals surface area contributed by atoms with Gasteiger partial charge in [-0.2, -0.15) is 11.8 Å². The average molecular weight is 308 g/mol. The summed E-state index contributed by atoms with van der Waals surface area (Å²) in [5.74, 6) is 0.897. The fraction of sp³-hybridized carbons (Fsp3) is 0.600. The highest BCUT2D eigenvalue weighted by Gasteiger charge is 2.24. The molecule has 0 unspecified atom stereocenters. The van der Waals surface area contributed by atoms with Gasteiger partial charge in [0.05, 0.1) is 12.2 Å². The minimum absolute atomic E-state index is 0.0983. The zero-order chi connectivity index (χ0) is 15.2. The molecule has 2 rings (SSSR count). The van der Waals surface area contributed by atoms with Gasteiger partial charge in [-0.15, -0.1) is 0 Å². The lowest BCUT2D eigenvalue weighted by Gasteiger charge is -2.15. The zero-order valence-electron chi connectivity index (χ0n) is 12.9. The molecule has 2 N–H and O–H groups in total. The Hall–Kier alpha value is -1.43. The summed E-state index contributed by atoms with van der Waals surface area (Å²) in [6, 6.07) is 6.04. The first kappa shape index (κ1) is 15.9. The number of thioether (sulfide) groups is 1. The van der Waals surface area contributed by atoms with Crippen molar-refractivity contribution in [2.75, 3.05) is 25.3 Å². The van der Waals surface area contributed by atoms with Crippen molar-refractivity contribution in [3.8, 4) is 0 Å². The van der Waals surface area contributed by atoms with Crippen LogP contribution in [0.15, 0.2) is 18.2 Å². The molecular weight excluding hydrogens is 284 g/mol. The second-order valence-corrected chi connectivity index (χ2v) is 6.71. The van der Waals surface area contributed by atoms with Crippen molar-refractivity contribution in [2.45, 2.75) is 37.1 Å². The smallest absolute Gasteiger partial charge is 0.315 e. The lowest BCUT2D eigenvalue weighted by Crippen LogP contribution is -2.40. The lowest BCUT2D eigenvalue weighted by molar-refractivity contribution is 0.236. The number of nitrogens with zero attached hydrogens (tertiary/aromatic N) is 2. The topological polar surface area (TPSA) is 57.3 Å². The van der Waals surface area contributed by atoms with E-state index in [2.05, 4.69) is 21.9 Å². The number of rotatable bonds is 5. The summed E-state index contributed by atoms with van der Waals surface area (Å²) in [4.78, 5) is 18.3. The van der Waals surface area contributed by atoms with Crippen LogP contribution in [-0.2, 0) is 6.54 Å². The van der Waals surface area contributed by atoms with Crippen LogP contribution in [0.5, 0.6) is 0 Å². The van der Waals surface area contributed by atoms with E-state index in [4.69, 9.17) is 0 Å². The molecule has 0 bridgehead atoms. The van der Waals surface area contributed by atoms with Gasteiger partial charge < -0.3 is 15.5 Å². The Morgan fingerprint density at radius 3 is 2.90 bits per heavy atom. The monoisotopic (exact) mass is 308 g/mol. The molecule has 6 heteroatoms. The average Bonchev–Trinajstić information content (AvgIpc) is 2.93. The van der Waals surface area contributed by atoms with Crippen LogP contribution >= 0.6 is 11.8 Å². The van der Waals surface area contributed by atoms with Gasteiger partial charge in [-0.3, -0.25) is 0 Å². The zero-order valence-corrected chi connectivity index (χ0v) is 13.7. The number of amides is 2. The Kier molecular flexibility index (Phi) is 5.73. The Morgan fingerprint density at radius 1 is 1.43 bits per heavy atom. The molecule has 0 saturated heterocycles. The molecule has 1 aromatic heterocycles. The van der Waals surface area contributed by atoms with Crippen molar-refractivity contribution >= 4 is 23.6 Å². The van der Waals surface area contributed by atoms with Gasteiger partial charge in [0.15, 0.2) is 0 Å². The fourth-order valence-corrected chi connectivity index (χ4v) is 3.30. The molecule has 0 radical (unpaired) electrons. The molecule has 0 spiro atoms. The maximum absolute atomic E-state index is 11.9. The van der Waals surface area contributed by atoms with E-state index < -0.39 is 0 Å². The second-order valence-electron chi connectivity index (χ2n) is 5.58. The third kappa shape index (κ3) is 4.81. The first-order valence-corrected chi connectivity index (χ1v) is 8.57. The normalized spacial score (nSPS) is 21.1. The molecule has 2 amide bonds.